The molecule has 6 nitrogen and oxygen atoms in total. The molecule has 28 heavy (non-hydrogen) atoms. The predicted molar refractivity (Wildman–Crippen MR) is 110 cm³/mol. The number of benzene rings is 1. The summed E-state index contributed by atoms with van der Waals surface area (Å²) in [5.74, 6) is -0.384. The Kier molecular flexibility index (Phi) is 6.13. The van der Waals surface area contributed by atoms with Crippen molar-refractivity contribution in [2.24, 2.45) is 0 Å². The highest BCUT2D eigenvalue weighted by atomic mass is 32.1. The highest BCUT2D eigenvalue weighted by molar-refractivity contribution is 7.03. The van der Waals surface area contributed by atoms with Crippen molar-refractivity contribution in [1.82, 2.24) is 19.8 Å². The fourth-order valence-corrected chi connectivity index (χ4v) is 3.53. The number of aromatic nitrogens is 2. The van der Waals surface area contributed by atoms with E-state index in [4.69, 9.17) is 0 Å². The van der Waals surface area contributed by atoms with Crippen LogP contribution in [0.25, 0.3) is 0 Å². The molecule has 150 valence electrons. The molecule has 1 aromatic heterocycles. The summed E-state index contributed by atoms with van der Waals surface area (Å²) in [6, 6.07) is 7.36. The van der Waals surface area contributed by atoms with Crippen LogP contribution in [0.1, 0.15) is 74.6 Å². The quantitative estimate of drug-likeness (QED) is 0.732. The third-order valence-electron chi connectivity index (χ3n) is 5.33. The number of rotatable bonds is 8. The summed E-state index contributed by atoms with van der Waals surface area (Å²) in [6.45, 7) is 8.12. The van der Waals surface area contributed by atoms with E-state index in [0.29, 0.717) is 5.69 Å². The summed E-state index contributed by atoms with van der Waals surface area (Å²) < 4.78 is 3.82. The zero-order valence-electron chi connectivity index (χ0n) is 16.9. The van der Waals surface area contributed by atoms with Gasteiger partial charge in [-0.1, -0.05) is 42.6 Å². The second-order valence-electron chi connectivity index (χ2n) is 7.96. The molecule has 3 rings (SSSR count). The Morgan fingerprint density at radius 3 is 2.43 bits per heavy atom. The van der Waals surface area contributed by atoms with E-state index in [2.05, 4.69) is 21.8 Å². The van der Waals surface area contributed by atoms with Crippen molar-refractivity contribution in [2.45, 2.75) is 71.0 Å². The highest BCUT2D eigenvalue weighted by Crippen LogP contribution is 2.36. The van der Waals surface area contributed by atoms with E-state index in [1.807, 2.05) is 45.0 Å². The number of aryl methyl sites for hydroxylation is 1. The number of nitrogens with one attached hydrogen (secondary N) is 1. The first-order chi connectivity index (χ1) is 13.4. The molecule has 7 heteroatoms. The van der Waals surface area contributed by atoms with Gasteiger partial charge in [-0.3, -0.25) is 9.59 Å². The van der Waals surface area contributed by atoms with Crippen molar-refractivity contribution in [3.8, 4) is 0 Å². The molecule has 1 heterocycles. The Hall–Kier alpha value is -2.28. The van der Waals surface area contributed by atoms with Gasteiger partial charge < -0.3 is 10.2 Å². The van der Waals surface area contributed by atoms with Gasteiger partial charge in [0.05, 0.1) is 0 Å². The minimum absolute atomic E-state index is 0.0561. The first-order valence-corrected chi connectivity index (χ1v) is 10.7. The molecule has 0 saturated heterocycles. The Bertz CT molecular complexity index is 813. The summed E-state index contributed by atoms with van der Waals surface area (Å²) in [6.07, 6.45) is 3.53. The maximum atomic E-state index is 13.4. The number of carbonyl (C=O) groups excluding carboxylic acids is 2. The second kappa shape index (κ2) is 8.39. The molecule has 0 aliphatic heterocycles. The number of amides is 2. The van der Waals surface area contributed by atoms with Crippen molar-refractivity contribution in [2.75, 3.05) is 0 Å². The van der Waals surface area contributed by atoms with Crippen LogP contribution in [-0.4, -0.2) is 37.9 Å². The van der Waals surface area contributed by atoms with Gasteiger partial charge in [0.25, 0.3) is 5.91 Å². The van der Waals surface area contributed by atoms with Gasteiger partial charge in [-0.25, -0.2) is 0 Å². The fraction of sp³-hybridized carbons (Fsp3) is 0.524. The number of carbonyl (C=O) groups is 2. The van der Waals surface area contributed by atoms with Gasteiger partial charge in [-0.15, -0.1) is 5.10 Å². The zero-order valence-corrected chi connectivity index (χ0v) is 17.8. The Balaban J connectivity index is 2.00. The molecule has 1 atom stereocenters. The largest absolute Gasteiger partial charge is 0.349 e. The van der Waals surface area contributed by atoms with E-state index in [0.717, 1.165) is 42.8 Å². The maximum Gasteiger partial charge on any atom is 0.276 e. The van der Waals surface area contributed by atoms with Crippen molar-refractivity contribution < 1.29 is 9.59 Å². The first kappa shape index (κ1) is 20.5. The van der Waals surface area contributed by atoms with Crippen LogP contribution >= 0.6 is 11.5 Å². The maximum absolute atomic E-state index is 13.4. The third-order valence-corrected chi connectivity index (χ3v) is 5.83. The normalized spacial score (nSPS) is 15.1. The van der Waals surface area contributed by atoms with Gasteiger partial charge in [-0.05, 0) is 62.2 Å². The molecule has 0 spiro atoms. The first-order valence-electron chi connectivity index (χ1n) is 9.87. The SMILES string of the molecule is CCc1ccc(C(C(=O)NC(C)(C)CC)N(C(=O)c2csnn2)C2CC2)cc1. The van der Waals surface area contributed by atoms with E-state index >= 15 is 0 Å². The lowest BCUT2D eigenvalue weighted by molar-refractivity contribution is -0.127. The molecule has 2 amide bonds. The molecule has 1 N–H and O–H groups in total. The van der Waals surface area contributed by atoms with Crippen LogP contribution in [0.3, 0.4) is 0 Å². The Morgan fingerprint density at radius 2 is 1.93 bits per heavy atom. The summed E-state index contributed by atoms with van der Waals surface area (Å²) in [4.78, 5) is 28.3. The van der Waals surface area contributed by atoms with Crippen LogP contribution in [0.15, 0.2) is 29.6 Å². The molecular formula is C21H28N4O2S. The van der Waals surface area contributed by atoms with Crippen LogP contribution in [0, 0.1) is 0 Å². The van der Waals surface area contributed by atoms with Crippen LogP contribution in [0.5, 0.6) is 0 Å². The molecule has 1 saturated carbocycles. The number of hydrogen-bond donors (Lipinski definition) is 1. The number of hydrogen-bond acceptors (Lipinski definition) is 5. The fourth-order valence-electron chi connectivity index (χ4n) is 3.10. The smallest absolute Gasteiger partial charge is 0.276 e. The predicted octanol–water partition coefficient (Wildman–Crippen LogP) is 3.75. The number of nitrogens with zero attached hydrogens (tertiary/aromatic N) is 3. The molecule has 1 fully saturated rings. The summed E-state index contributed by atoms with van der Waals surface area (Å²) in [5.41, 5.74) is 1.98. The molecule has 1 aromatic carbocycles. The van der Waals surface area contributed by atoms with Gasteiger partial charge >= 0.3 is 0 Å². The average molecular weight is 401 g/mol. The Morgan fingerprint density at radius 1 is 1.25 bits per heavy atom. The summed E-state index contributed by atoms with van der Waals surface area (Å²) >= 11 is 1.14. The van der Waals surface area contributed by atoms with Crippen molar-refractivity contribution >= 4 is 23.3 Å². The standard InChI is InChI=1S/C21H28N4O2S/c1-5-14-7-9-15(10-8-14)18(19(26)22-21(3,4)6-2)25(16-11-12-16)20(27)17-13-28-24-23-17/h7-10,13,16,18H,5-6,11-12H2,1-4H3,(H,22,26). The van der Waals surface area contributed by atoms with Crippen molar-refractivity contribution in [3.05, 3.63) is 46.5 Å². The van der Waals surface area contributed by atoms with E-state index in [9.17, 15) is 9.59 Å². The second-order valence-corrected chi connectivity index (χ2v) is 8.57. The summed E-state index contributed by atoms with van der Waals surface area (Å²) in [5, 5.41) is 8.72. The monoisotopic (exact) mass is 400 g/mol. The van der Waals surface area contributed by atoms with E-state index in [-0.39, 0.29) is 23.4 Å². The van der Waals surface area contributed by atoms with Gasteiger partial charge in [0, 0.05) is 17.0 Å². The van der Waals surface area contributed by atoms with Crippen LogP contribution in [-0.2, 0) is 11.2 Å². The molecule has 1 unspecified atom stereocenters. The van der Waals surface area contributed by atoms with E-state index in [1.54, 1.807) is 10.3 Å². The molecular weight excluding hydrogens is 372 g/mol. The van der Waals surface area contributed by atoms with Gasteiger partial charge in [0.1, 0.15) is 6.04 Å². The minimum atomic E-state index is -0.682. The summed E-state index contributed by atoms with van der Waals surface area (Å²) in [7, 11) is 0. The van der Waals surface area contributed by atoms with Crippen molar-refractivity contribution in [3.63, 3.8) is 0 Å². The van der Waals surface area contributed by atoms with E-state index in [1.165, 1.54) is 5.56 Å². The topological polar surface area (TPSA) is 75.2 Å². The van der Waals surface area contributed by atoms with Crippen LogP contribution < -0.4 is 5.32 Å². The lowest BCUT2D eigenvalue weighted by Gasteiger charge is -2.34. The molecule has 0 radical (unpaired) electrons. The molecule has 2 aromatic rings. The zero-order chi connectivity index (χ0) is 20.3. The Labute approximate surface area is 170 Å². The highest BCUT2D eigenvalue weighted by Gasteiger charge is 2.43. The van der Waals surface area contributed by atoms with E-state index < -0.39 is 6.04 Å². The van der Waals surface area contributed by atoms with Crippen LogP contribution in [0.2, 0.25) is 0 Å². The lowest BCUT2D eigenvalue weighted by atomic mass is 9.97. The van der Waals surface area contributed by atoms with Crippen molar-refractivity contribution in [1.29, 1.82) is 0 Å². The average Bonchev–Trinajstić information content (AvgIpc) is 3.37. The molecule has 1 aliphatic rings. The van der Waals surface area contributed by atoms with Gasteiger partial charge in [-0.2, -0.15) is 0 Å². The third kappa shape index (κ3) is 4.58. The molecule has 1 aliphatic carbocycles. The lowest BCUT2D eigenvalue weighted by Crippen LogP contribution is -2.51. The van der Waals surface area contributed by atoms with Crippen LogP contribution in [0.4, 0.5) is 0 Å². The minimum Gasteiger partial charge on any atom is -0.349 e. The molecule has 0 bridgehead atoms. The van der Waals surface area contributed by atoms with Gasteiger partial charge in [0.2, 0.25) is 5.91 Å². The van der Waals surface area contributed by atoms with Gasteiger partial charge in [0.15, 0.2) is 5.69 Å².